The first-order valence-corrected chi connectivity index (χ1v) is 13.3. The van der Waals surface area contributed by atoms with Crippen molar-refractivity contribution in [2.24, 2.45) is 11.4 Å². The Bertz CT molecular complexity index is 1730. The van der Waals surface area contributed by atoms with Crippen LogP contribution in [0.25, 0.3) is 22.0 Å². The summed E-state index contributed by atoms with van der Waals surface area (Å²) in [5.41, 5.74) is 8.34. The van der Waals surface area contributed by atoms with Crippen molar-refractivity contribution in [3.05, 3.63) is 135 Å². The first-order valence-electron chi connectivity index (χ1n) is 12.2. The van der Waals surface area contributed by atoms with E-state index >= 15 is 0 Å². The molecule has 4 aromatic carbocycles. The molecule has 0 N–H and O–H groups in total. The molecule has 0 aliphatic rings. The number of pyridine rings is 1. The van der Waals surface area contributed by atoms with E-state index in [1.807, 2.05) is 99.6 Å². The topological polar surface area (TPSA) is 51.4 Å². The molecule has 4 nitrogen and oxygen atoms in total. The lowest BCUT2D eigenvalue weighted by Gasteiger charge is -2.14. The van der Waals surface area contributed by atoms with Gasteiger partial charge in [-0.2, -0.15) is 4.40 Å². The molecule has 0 aliphatic carbocycles. The largest absolute Gasteiger partial charge is 0.311 e. The van der Waals surface area contributed by atoms with Gasteiger partial charge in [0.15, 0.2) is 11.0 Å². The highest BCUT2D eigenvalue weighted by Gasteiger charge is 2.15. The number of fused-ring (bicyclic) bond motifs is 1. The van der Waals surface area contributed by atoms with Crippen molar-refractivity contribution in [2.45, 2.75) is 25.7 Å². The van der Waals surface area contributed by atoms with Crippen molar-refractivity contribution in [1.29, 1.82) is 0 Å². The lowest BCUT2D eigenvalue weighted by molar-refractivity contribution is 0.684. The standard InChI is InChI=1S/C32H28N2O2S/c1-21-8-12-24(13-9-21)32(33-37(36)27-15-10-22(2)11-16-27)26-14-17-30-29(19-26)28(20-31(35)34(30)4)25-7-5-6-23(3)18-25/h5-20H,1-4H3/b33-32+. The van der Waals surface area contributed by atoms with Crippen molar-refractivity contribution in [3.63, 3.8) is 0 Å². The van der Waals surface area contributed by atoms with Crippen LogP contribution < -0.4 is 5.56 Å². The number of hydrogen-bond donors (Lipinski definition) is 0. The number of benzene rings is 4. The van der Waals surface area contributed by atoms with Gasteiger partial charge in [0.1, 0.15) is 0 Å². The molecule has 0 spiro atoms. The van der Waals surface area contributed by atoms with Crippen LogP contribution in [0.4, 0.5) is 0 Å². The summed E-state index contributed by atoms with van der Waals surface area (Å²) in [7, 11) is 0.202. The van der Waals surface area contributed by atoms with Crippen molar-refractivity contribution in [3.8, 4) is 11.1 Å². The van der Waals surface area contributed by atoms with Gasteiger partial charge in [-0.25, -0.2) is 4.21 Å². The molecule has 5 rings (SSSR count). The molecule has 0 saturated heterocycles. The molecule has 5 heteroatoms. The van der Waals surface area contributed by atoms with Crippen LogP contribution in [0.3, 0.4) is 0 Å². The van der Waals surface area contributed by atoms with Crippen LogP contribution in [0.15, 0.2) is 111 Å². The van der Waals surface area contributed by atoms with Gasteiger partial charge < -0.3 is 4.57 Å². The summed E-state index contributed by atoms with van der Waals surface area (Å²) in [6, 6.07) is 31.5. The lowest BCUT2D eigenvalue weighted by atomic mass is 9.95. The molecule has 0 saturated carbocycles. The highest BCUT2D eigenvalue weighted by atomic mass is 32.2. The molecule has 1 unspecified atom stereocenters. The summed E-state index contributed by atoms with van der Waals surface area (Å²) in [5.74, 6) is 0. The van der Waals surface area contributed by atoms with Crippen LogP contribution >= 0.6 is 0 Å². The van der Waals surface area contributed by atoms with E-state index in [1.54, 1.807) is 17.7 Å². The van der Waals surface area contributed by atoms with E-state index in [0.717, 1.165) is 49.8 Å². The van der Waals surface area contributed by atoms with Crippen LogP contribution in [0.1, 0.15) is 27.8 Å². The van der Waals surface area contributed by atoms with E-state index in [0.29, 0.717) is 10.6 Å². The molecule has 1 heterocycles. The minimum atomic E-state index is -1.58. The van der Waals surface area contributed by atoms with Gasteiger partial charge in [0.25, 0.3) is 5.56 Å². The Morgan fingerprint density at radius 3 is 2.05 bits per heavy atom. The number of nitrogens with zero attached hydrogens (tertiary/aromatic N) is 2. The quantitative estimate of drug-likeness (QED) is 0.250. The fourth-order valence-corrected chi connectivity index (χ4v) is 5.28. The summed E-state index contributed by atoms with van der Waals surface area (Å²) in [5, 5.41) is 0.936. The van der Waals surface area contributed by atoms with Gasteiger partial charge in [-0.15, -0.1) is 0 Å². The van der Waals surface area contributed by atoms with Crippen LogP contribution in [0.2, 0.25) is 0 Å². The van der Waals surface area contributed by atoms with E-state index in [1.165, 1.54) is 0 Å². The van der Waals surface area contributed by atoms with E-state index in [4.69, 9.17) is 4.40 Å². The molecule has 0 fully saturated rings. The zero-order valence-electron chi connectivity index (χ0n) is 21.4. The minimum Gasteiger partial charge on any atom is -0.311 e. The number of aromatic nitrogens is 1. The van der Waals surface area contributed by atoms with Gasteiger partial charge in [0.2, 0.25) is 0 Å². The Morgan fingerprint density at radius 2 is 1.38 bits per heavy atom. The zero-order valence-corrected chi connectivity index (χ0v) is 22.2. The monoisotopic (exact) mass is 504 g/mol. The number of rotatable bonds is 5. The Balaban J connectivity index is 1.74. The van der Waals surface area contributed by atoms with Gasteiger partial charge in [0, 0.05) is 29.6 Å². The number of hydrogen-bond acceptors (Lipinski definition) is 2. The molecule has 1 atom stereocenters. The van der Waals surface area contributed by atoms with E-state index in [9.17, 15) is 9.00 Å². The summed E-state index contributed by atoms with van der Waals surface area (Å²) in [6.45, 7) is 6.08. The maximum Gasteiger partial charge on any atom is 0.251 e. The zero-order chi connectivity index (χ0) is 26.1. The summed E-state index contributed by atoms with van der Waals surface area (Å²) in [6.07, 6.45) is 0. The smallest absolute Gasteiger partial charge is 0.251 e. The molecule has 37 heavy (non-hydrogen) atoms. The Morgan fingerprint density at radius 1 is 0.730 bits per heavy atom. The molecule has 0 amide bonds. The molecule has 0 bridgehead atoms. The maximum atomic E-state index is 13.3. The second-order valence-electron chi connectivity index (χ2n) is 9.42. The predicted molar refractivity (Wildman–Crippen MR) is 154 cm³/mol. The van der Waals surface area contributed by atoms with Gasteiger partial charge >= 0.3 is 0 Å². The Hall–Kier alpha value is -4.09. The van der Waals surface area contributed by atoms with Crippen molar-refractivity contribution >= 4 is 27.6 Å². The SMILES string of the molecule is Cc1ccc(/C(=N\S(=O)c2ccc(C)cc2)c2ccc3c(c2)c(-c2cccc(C)c2)cc(=O)n3C)cc1. The van der Waals surface area contributed by atoms with E-state index in [2.05, 4.69) is 12.1 Å². The molecule has 5 aromatic rings. The van der Waals surface area contributed by atoms with Crippen LogP contribution in [0.5, 0.6) is 0 Å². The summed E-state index contributed by atoms with van der Waals surface area (Å²) in [4.78, 5) is 13.5. The van der Waals surface area contributed by atoms with E-state index < -0.39 is 11.0 Å². The highest BCUT2D eigenvalue weighted by Crippen LogP contribution is 2.29. The van der Waals surface area contributed by atoms with Crippen molar-refractivity contribution in [1.82, 2.24) is 4.57 Å². The average Bonchev–Trinajstić information content (AvgIpc) is 2.90. The number of aryl methyl sites for hydroxylation is 4. The Kier molecular flexibility index (Phi) is 6.72. The first kappa shape index (κ1) is 24.6. The third kappa shape index (κ3) is 5.09. The van der Waals surface area contributed by atoms with Gasteiger partial charge in [0.05, 0.1) is 16.1 Å². The molecule has 184 valence electrons. The Labute approximate surface area is 219 Å². The summed E-state index contributed by atoms with van der Waals surface area (Å²) < 4.78 is 19.7. The predicted octanol–water partition coefficient (Wildman–Crippen LogP) is 6.69. The summed E-state index contributed by atoms with van der Waals surface area (Å²) >= 11 is 0. The maximum absolute atomic E-state index is 13.3. The fraction of sp³-hybridized carbons (Fsp3) is 0.125. The third-order valence-corrected chi connectivity index (χ3v) is 7.59. The molecule has 1 aromatic heterocycles. The second-order valence-corrected chi connectivity index (χ2v) is 10.6. The lowest BCUT2D eigenvalue weighted by Crippen LogP contribution is -2.16. The average molecular weight is 505 g/mol. The third-order valence-electron chi connectivity index (χ3n) is 6.57. The molecular formula is C32H28N2O2S. The first-order chi connectivity index (χ1) is 17.8. The van der Waals surface area contributed by atoms with Gasteiger partial charge in [-0.3, -0.25) is 4.79 Å². The normalized spacial score (nSPS) is 12.6. The van der Waals surface area contributed by atoms with Gasteiger partial charge in [-0.05, 0) is 56.2 Å². The minimum absolute atomic E-state index is 0.0651. The van der Waals surface area contributed by atoms with Crippen LogP contribution in [-0.4, -0.2) is 14.5 Å². The molecule has 0 radical (unpaired) electrons. The van der Waals surface area contributed by atoms with Crippen LogP contribution in [0, 0.1) is 20.8 Å². The van der Waals surface area contributed by atoms with E-state index in [-0.39, 0.29) is 5.56 Å². The second kappa shape index (κ2) is 10.1. The highest BCUT2D eigenvalue weighted by molar-refractivity contribution is 7.84. The van der Waals surface area contributed by atoms with Gasteiger partial charge in [-0.1, -0.05) is 83.4 Å². The fourth-order valence-electron chi connectivity index (χ4n) is 4.43. The van der Waals surface area contributed by atoms with Crippen molar-refractivity contribution < 1.29 is 4.21 Å². The van der Waals surface area contributed by atoms with Crippen LogP contribution in [-0.2, 0) is 18.0 Å². The molecule has 0 aliphatic heterocycles. The molecular weight excluding hydrogens is 476 g/mol. The van der Waals surface area contributed by atoms with Crippen molar-refractivity contribution in [2.75, 3.05) is 0 Å².